The number of carbonyl (C=O) groups is 1. The van der Waals surface area contributed by atoms with Gasteiger partial charge in [0.1, 0.15) is 11.6 Å². The first-order valence-corrected chi connectivity index (χ1v) is 5.91. The third-order valence-electron chi connectivity index (χ3n) is 2.23. The Kier molecular flexibility index (Phi) is 6.14. The first kappa shape index (κ1) is 14.4. The van der Waals surface area contributed by atoms with Crippen molar-refractivity contribution in [2.24, 2.45) is 0 Å². The molecule has 0 heterocycles. The van der Waals surface area contributed by atoms with E-state index < -0.39 is 6.10 Å². The molecule has 0 saturated heterocycles. The van der Waals surface area contributed by atoms with Crippen molar-refractivity contribution in [3.05, 3.63) is 30.1 Å². The summed E-state index contributed by atoms with van der Waals surface area (Å²) in [5, 5.41) is 11.6. The predicted molar refractivity (Wildman–Crippen MR) is 65.8 cm³/mol. The van der Waals surface area contributed by atoms with Gasteiger partial charge in [0, 0.05) is 13.0 Å². The van der Waals surface area contributed by atoms with Crippen molar-refractivity contribution >= 4 is 5.91 Å². The highest BCUT2D eigenvalue weighted by Gasteiger charge is 2.03. The lowest BCUT2D eigenvalue weighted by atomic mass is 10.3. The molecule has 100 valence electrons. The van der Waals surface area contributed by atoms with Crippen LogP contribution in [0.4, 0.5) is 4.39 Å². The van der Waals surface area contributed by atoms with Crippen molar-refractivity contribution in [3.8, 4) is 5.75 Å². The lowest BCUT2D eigenvalue weighted by Gasteiger charge is -2.08. The fraction of sp³-hybridized carbons (Fsp3) is 0.462. The van der Waals surface area contributed by atoms with Crippen LogP contribution in [0.3, 0.4) is 0 Å². The summed E-state index contributed by atoms with van der Waals surface area (Å²) in [6.07, 6.45) is 0.376. The van der Waals surface area contributed by atoms with E-state index in [0.717, 1.165) is 0 Å². The molecule has 1 unspecified atom stereocenters. The predicted octanol–water partition coefficient (Wildman–Crippen LogP) is 1.48. The van der Waals surface area contributed by atoms with Crippen LogP contribution in [0.15, 0.2) is 24.3 Å². The van der Waals surface area contributed by atoms with Crippen LogP contribution < -0.4 is 10.1 Å². The Hall–Kier alpha value is -1.62. The van der Waals surface area contributed by atoms with Crippen molar-refractivity contribution in [3.63, 3.8) is 0 Å². The molecule has 1 rings (SSSR count). The number of ether oxygens (including phenoxy) is 1. The molecule has 0 saturated carbocycles. The monoisotopic (exact) mass is 255 g/mol. The van der Waals surface area contributed by atoms with Gasteiger partial charge in [0.2, 0.25) is 5.91 Å². The average molecular weight is 255 g/mol. The van der Waals surface area contributed by atoms with Crippen LogP contribution >= 0.6 is 0 Å². The molecule has 0 aliphatic heterocycles. The lowest BCUT2D eigenvalue weighted by molar-refractivity contribution is -0.121. The van der Waals surface area contributed by atoms with E-state index >= 15 is 0 Å². The van der Waals surface area contributed by atoms with Gasteiger partial charge in [-0.05, 0) is 37.6 Å². The van der Waals surface area contributed by atoms with Crippen molar-refractivity contribution < 1.29 is 19.0 Å². The Morgan fingerprint density at radius 3 is 2.72 bits per heavy atom. The van der Waals surface area contributed by atoms with E-state index in [1.54, 1.807) is 19.1 Å². The quantitative estimate of drug-likeness (QED) is 0.726. The molecule has 0 aromatic heterocycles. The number of rotatable bonds is 7. The summed E-state index contributed by atoms with van der Waals surface area (Å²) in [5.41, 5.74) is 0. The lowest BCUT2D eigenvalue weighted by Crippen LogP contribution is -2.30. The number of benzene rings is 1. The van der Waals surface area contributed by atoms with Crippen LogP contribution in [0.2, 0.25) is 0 Å². The van der Waals surface area contributed by atoms with Crippen molar-refractivity contribution in [2.75, 3.05) is 13.2 Å². The largest absolute Gasteiger partial charge is 0.494 e. The first-order chi connectivity index (χ1) is 8.58. The number of amides is 1. The fourth-order valence-corrected chi connectivity index (χ4v) is 1.30. The maximum Gasteiger partial charge on any atom is 0.220 e. The second kappa shape index (κ2) is 7.66. The molecule has 1 amide bonds. The maximum atomic E-state index is 12.6. The zero-order valence-electron chi connectivity index (χ0n) is 10.4. The molecule has 4 nitrogen and oxygen atoms in total. The molecule has 0 spiro atoms. The molecule has 5 heteroatoms. The van der Waals surface area contributed by atoms with Crippen molar-refractivity contribution in [2.45, 2.75) is 25.9 Å². The van der Waals surface area contributed by atoms with Gasteiger partial charge in [0.25, 0.3) is 0 Å². The van der Waals surface area contributed by atoms with Gasteiger partial charge in [-0.3, -0.25) is 4.79 Å². The molecule has 0 aliphatic rings. The summed E-state index contributed by atoms with van der Waals surface area (Å²) in [6.45, 7) is 2.27. The highest BCUT2D eigenvalue weighted by atomic mass is 19.1. The zero-order valence-corrected chi connectivity index (χ0v) is 10.4. The van der Waals surface area contributed by atoms with Gasteiger partial charge in [-0.25, -0.2) is 4.39 Å². The minimum Gasteiger partial charge on any atom is -0.494 e. The molecule has 0 bridgehead atoms. The van der Waals surface area contributed by atoms with E-state index in [4.69, 9.17) is 9.84 Å². The molecule has 18 heavy (non-hydrogen) atoms. The summed E-state index contributed by atoms with van der Waals surface area (Å²) in [5.74, 6) is 0.166. The summed E-state index contributed by atoms with van der Waals surface area (Å²) in [6, 6.07) is 5.74. The van der Waals surface area contributed by atoms with Gasteiger partial charge in [0.15, 0.2) is 0 Å². The zero-order chi connectivity index (χ0) is 13.4. The molecule has 0 radical (unpaired) electrons. The van der Waals surface area contributed by atoms with Crippen LogP contribution in [-0.4, -0.2) is 30.3 Å². The van der Waals surface area contributed by atoms with E-state index in [1.807, 2.05) is 0 Å². The van der Waals surface area contributed by atoms with E-state index in [0.29, 0.717) is 25.2 Å². The van der Waals surface area contributed by atoms with Crippen molar-refractivity contribution in [1.82, 2.24) is 5.32 Å². The maximum absolute atomic E-state index is 12.6. The first-order valence-electron chi connectivity index (χ1n) is 5.91. The Bertz CT molecular complexity index is 365. The SMILES string of the molecule is CC(O)CNC(=O)CCCOc1ccc(F)cc1. The average Bonchev–Trinajstić information content (AvgIpc) is 2.34. The summed E-state index contributed by atoms with van der Waals surface area (Å²) < 4.78 is 17.9. The van der Waals surface area contributed by atoms with Crippen LogP contribution in [0.5, 0.6) is 5.75 Å². The molecular weight excluding hydrogens is 237 g/mol. The Balaban J connectivity index is 2.11. The molecule has 2 N–H and O–H groups in total. The van der Waals surface area contributed by atoms with Gasteiger partial charge in [0.05, 0.1) is 12.7 Å². The molecule has 1 aromatic carbocycles. The summed E-state index contributed by atoms with van der Waals surface area (Å²) >= 11 is 0. The number of nitrogens with one attached hydrogen (secondary N) is 1. The molecule has 0 aliphatic carbocycles. The number of hydrogen-bond acceptors (Lipinski definition) is 3. The Morgan fingerprint density at radius 2 is 2.11 bits per heavy atom. The molecule has 1 atom stereocenters. The smallest absolute Gasteiger partial charge is 0.220 e. The minimum atomic E-state index is -0.538. The standard InChI is InChI=1S/C13H18FNO3/c1-10(16)9-15-13(17)3-2-8-18-12-6-4-11(14)5-7-12/h4-7,10,16H,2-3,8-9H2,1H3,(H,15,17). The van der Waals surface area contributed by atoms with Crippen LogP contribution in [-0.2, 0) is 4.79 Å². The highest BCUT2D eigenvalue weighted by molar-refractivity contribution is 5.75. The minimum absolute atomic E-state index is 0.112. The summed E-state index contributed by atoms with van der Waals surface area (Å²) in [7, 11) is 0. The second-order valence-electron chi connectivity index (χ2n) is 4.06. The number of aliphatic hydroxyl groups excluding tert-OH is 1. The Labute approximate surface area is 106 Å². The summed E-state index contributed by atoms with van der Waals surface area (Å²) in [4.78, 5) is 11.3. The number of carbonyl (C=O) groups excluding carboxylic acids is 1. The van der Waals surface area contributed by atoms with Gasteiger partial charge >= 0.3 is 0 Å². The number of hydrogen-bond donors (Lipinski definition) is 2. The second-order valence-corrected chi connectivity index (χ2v) is 4.06. The Morgan fingerprint density at radius 1 is 1.44 bits per heavy atom. The van der Waals surface area contributed by atoms with Gasteiger partial charge in [-0.15, -0.1) is 0 Å². The van der Waals surface area contributed by atoms with E-state index in [2.05, 4.69) is 5.32 Å². The van der Waals surface area contributed by atoms with E-state index in [-0.39, 0.29) is 18.3 Å². The topological polar surface area (TPSA) is 58.6 Å². The normalized spacial score (nSPS) is 11.9. The third-order valence-corrected chi connectivity index (χ3v) is 2.23. The molecule has 1 aromatic rings. The van der Waals surface area contributed by atoms with Gasteiger partial charge in [-0.1, -0.05) is 0 Å². The molecular formula is C13H18FNO3. The van der Waals surface area contributed by atoms with E-state index in [9.17, 15) is 9.18 Å². The van der Waals surface area contributed by atoms with Crippen LogP contribution in [0.25, 0.3) is 0 Å². The molecule has 0 fully saturated rings. The highest BCUT2D eigenvalue weighted by Crippen LogP contribution is 2.11. The fourth-order valence-electron chi connectivity index (χ4n) is 1.30. The van der Waals surface area contributed by atoms with Gasteiger partial charge < -0.3 is 15.2 Å². The van der Waals surface area contributed by atoms with E-state index in [1.165, 1.54) is 12.1 Å². The van der Waals surface area contributed by atoms with Crippen LogP contribution in [0.1, 0.15) is 19.8 Å². The van der Waals surface area contributed by atoms with Crippen LogP contribution in [0, 0.1) is 5.82 Å². The third kappa shape index (κ3) is 6.20. The number of aliphatic hydroxyl groups is 1. The van der Waals surface area contributed by atoms with Gasteiger partial charge in [-0.2, -0.15) is 0 Å². The van der Waals surface area contributed by atoms with Crippen molar-refractivity contribution in [1.29, 1.82) is 0 Å². The number of halogens is 1.